The highest BCUT2D eigenvalue weighted by Crippen LogP contribution is 2.26. The molecule has 1 fully saturated rings. The molecule has 0 spiro atoms. The number of nitrogens with zero attached hydrogens (tertiary/aromatic N) is 3. The van der Waals surface area contributed by atoms with Crippen LogP contribution in [0.1, 0.15) is 35.7 Å². The number of hydrogen-bond donors (Lipinski definition) is 1. The topological polar surface area (TPSA) is 52.2 Å². The number of aromatic amines is 1. The largest absolute Gasteiger partial charge is 0.348 e. The van der Waals surface area contributed by atoms with Crippen molar-refractivity contribution in [1.82, 2.24) is 19.8 Å². The van der Waals surface area contributed by atoms with E-state index in [-0.39, 0.29) is 5.91 Å². The van der Waals surface area contributed by atoms with Crippen LogP contribution < -0.4 is 0 Å². The molecular weight excluding hydrogens is 288 g/mol. The second-order valence-corrected chi connectivity index (χ2v) is 6.57. The van der Waals surface area contributed by atoms with Crippen LogP contribution in [0.25, 0.3) is 0 Å². The minimum absolute atomic E-state index is 0.245. The first-order chi connectivity index (χ1) is 11.3. The summed E-state index contributed by atoms with van der Waals surface area (Å²) in [6.07, 6.45) is 5.80. The van der Waals surface area contributed by atoms with Gasteiger partial charge in [0.1, 0.15) is 5.82 Å². The molecule has 2 aromatic rings. The van der Waals surface area contributed by atoms with Crippen LogP contribution >= 0.6 is 0 Å². The lowest BCUT2D eigenvalue weighted by Crippen LogP contribution is -2.43. The molecule has 2 aliphatic rings. The quantitative estimate of drug-likeness (QED) is 0.945. The maximum Gasteiger partial charge on any atom is 0.236 e. The van der Waals surface area contributed by atoms with E-state index in [4.69, 9.17) is 0 Å². The third-order valence-electron chi connectivity index (χ3n) is 4.95. The predicted octanol–water partition coefficient (Wildman–Crippen LogP) is 2.13. The molecule has 0 aliphatic carbocycles. The van der Waals surface area contributed by atoms with E-state index in [1.54, 1.807) is 6.20 Å². The minimum Gasteiger partial charge on any atom is -0.348 e. The van der Waals surface area contributed by atoms with E-state index in [2.05, 4.69) is 39.1 Å². The highest BCUT2D eigenvalue weighted by Gasteiger charge is 2.28. The molecular formula is C18H22N4O. The Morgan fingerprint density at radius 1 is 1.26 bits per heavy atom. The number of amides is 1. The number of aromatic nitrogens is 2. The normalized spacial score (nSPS) is 21.4. The van der Waals surface area contributed by atoms with Crippen molar-refractivity contribution in [3.05, 3.63) is 53.6 Å². The average molecular weight is 310 g/mol. The van der Waals surface area contributed by atoms with Gasteiger partial charge >= 0.3 is 0 Å². The van der Waals surface area contributed by atoms with Crippen LogP contribution in [0.4, 0.5) is 0 Å². The van der Waals surface area contributed by atoms with Gasteiger partial charge in [-0.05, 0) is 24.0 Å². The Bertz CT molecular complexity index is 657. The molecule has 0 unspecified atom stereocenters. The molecule has 1 aromatic carbocycles. The van der Waals surface area contributed by atoms with Crippen LogP contribution in [0.2, 0.25) is 0 Å². The zero-order valence-electron chi connectivity index (χ0n) is 13.2. The Balaban J connectivity index is 1.36. The lowest BCUT2D eigenvalue weighted by atomic mass is 9.97. The Hall–Kier alpha value is -2.14. The molecule has 0 radical (unpaired) electrons. The average Bonchev–Trinajstić information content (AvgIpc) is 3.24. The number of H-pyrrole nitrogens is 1. The first kappa shape index (κ1) is 14.5. The van der Waals surface area contributed by atoms with Crippen LogP contribution in [0.15, 0.2) is 36.7 Å². The van der Waals surface area contributed by atoms with Gasteiger partial charge in [0.15, 0.2) is 0 Å². The summed E-state index contributed by atoms with van der Waals surface area (Å²) in [4.78, 5) is 24.5. The lowest BCUT2D eigenvalue weighted by Gasteiger charge is -2.33. The van der Waals surface area contributed by atoms with Crippen molar-refractivity contribution in [3.63, 3.8) is 0 Å². The smallest absolute Gasteiger partial charge is 0.236 e. The molecule has 1 N–H and O–H groups in total. The SMILES string of the molecule is O=C(CN1Cc2ccccc2C1)N1CCC[C@@H](c2ncc[nH]2)C1. The molecule has 0 bridgehead atoms. The van der Waals surface area contributed by atoms with Gasteiger partial charge in [0, 0.05) is 44.5 Å². The summed E-state index contributed by atoms with van der Waals surface area (Å²) in [5.74, 6) is 1.60. The zero-order chi connectivity index (χ0) is 15.6. The molecule has 1 amide bonds. The second-order valence-electron chi connectivity index (χ2n) is 6.57. The molecule has 3 heterocycles. The van der Waals surface area contributed by atoms with Gasteiger partial charge in [-0.1, -0.05) is 24.3 Å². The van der Waals surface area contributed by atoms with E-state index >= 15 is 0 Å². The van der Waals surface area contributed by atoms with E-state index in [1.165, 1.54) is 11.1 Å². The molecule has 5 heteroatoms. The molecule has 2 aliphatic heterocycles. The first-order valence-corrected chi connectivity index (χ1v) is 8.36. The summed E-state index contributed by atoms with van der Waals surface area (Å²) in [6, 6.07) is 8.47. The van der Waals surface area contributed by atoms with Gasteiger partial charge < -0.3 is 9.88 Å². The van der Waals surface area contributed by atoms with Crippen LogP contribution in [0.3, 0.4) is 0 Å². The number of benzene rings is 1. The zero-order valence-corrected chi connectivity index (χ0v) is 13.2. The predicted molar refractivity (Wildman–Crippen MR) is 87.7 cm³/mol. The summed E-state index contributed by atoms with van der Waals surface area (Å²) >= 11 is 0. The van der Waals surface area contributed by atoms with E-state index in [0.717, 1.165) is 44.8 Å². The fourth-order valence-electron chi connectivity index (χ4n) is 3.73. The molecule has 0 saturated carbocycles. The van der Waals surface area contributed by atoms with Crippen molar-refractivity contribution in [2.45, 2.75) is 31.8 Å². The number of carbonyl (C=O) groups is 1. The fourth-order valence-corrected chi connectivity index (χ4v) is 3.73. The summed E-state index contributed by atoms with van der Waals surface area (Å²) in [5.41, 5.74) is 2.71. The van der Waals surface area contributed by atoms with Gasteiger partial charge in [-0.2, -0.15) is 0 Å². The van der Waals surface area contributed by atoms with Gasteiger partial charge in [-0.15, -0.1) is 0 Å². The van der Waals surface area contributed by atoms with Gasteiger partial charge in [0.2, 0.25) is 5.91 Å². The highest BCUT2D eigenvalue weighted by molar-refractivity contribution is 5.78. The van der Waals surface area contributed by atoms with Crippen LogP contribution in [-0.4, -0.2) is 45.3 Å². The maximum absolute atomic E-state index is 12.7. The number of imidazole rings is 1. The number of piperidine rings is 1. The summed E-state index contributed by atoms with van der Waals surface area (Å²) in [5, 5.41) is 0. The second kappa shape index (κ2) is 6.16. The van der Waals surface area contributed by atoms with E-state index in [0.29, 0.717) is 12.5 Å². The molecule has 1 atom stereocenters. The van der Waals surface area contributed by atoms with Crippen LogP contribution in [-0.2, 0) is 17.9 Å². The number of rotatable bonds is 3. The van der Waals surface area contributed by atoms with Crippen molar-refractivity contribution in [2.75, 3.05) is 19.6 Å². The van der Waals surface area contributed by atoms with Gasteiger partial charge in [-0.25, -0.2) is 4.98 Å². The Kier molecular flexibility index (Phi) is 3.87. The van der Waals surface area contributed by atoms with Crippen LogP contribution in [0.5, 0.6) is 0 Å². The van der Waals surface area contributed by atoms with Gasteiger partial charge in [-0.3, -0.25) is 9.69 Å². The Labute approximate surface area is 136 Å². The van der Waals surface area contributed by atoms with Crippen molar-refractivity contribution in [1.29, 1.82) is 0 Å². The molecule has 23 heavy (non-hydrogen) atoms. The van der Waals surface area contributed by atoms with Crippen molar-refractivity contribution < 1.29 is 4.79 Å². The molecule has 4 rings (SSSR count). The number of fused-ring (bicyclic) bond motifs is 1. The van der Waals surface area contributed by atoms with Crippen molar-refractivity contribution in [2.24, 2.45) is 0 Å². The number of likely N-dealkylation sites (tertiary alicyclic amines) is 1. The molecule has 120 valence electrons. The monoisotopic (exact) mass is 310 g/mol. The lowest BCUT2D eigenvalue weighted by molar-refractivity contribution is -0.133. The van der Waals surface area contributed by atoms with Crippen LogP contribution in [0, 0.1) is 0 Å². The fraction of sp³-hybridized carbons (Fsp3) is 0.444. The van der Waals surface area contributed by atoms with Gasteiger partial charge in [0.25, 0.3) is 0 Å². The summed E-state index contributed by atoms with van der Waals surface area (Å²) < 4.78 is 0. The molecule has 5 nitrogen and oxygen atoms in total. The summed E-state index contributed by atoms with van der Waals surface area (Å²) in [7, 11) is 0. The summed E-state index contributed by atoms with van der Waals surface area (Å²) in [6.45, 7) is 3.94. The van der Waals surface area contributed by atoms with E-state index < -0.39 is 0 Å². The number of nitrogens with one attached hydrogen (secondary N) is 1. The third kappa shape index (κ3) is 3.01. The molecule has 1 saturated heterocycles. The van der Waals surface area contributed by atoms with Crippen molar-refractivity contribution >= 4 is 5.91 Å². The number of carbonyl (C=O) groups excluding carboxylic acids is 1. The number of hydrogen-bond acceptors (Lipinski definition) is 3. The van der Waals surface area contributed by atoms with E-state index in [1.807, 2.05) is 11.1 Å². The Morgan fingerprint density at radius 2 is 2.04 bits per heavy atom. The molecule has 1 aromatic heterocycles. The third-order valence-corrected chi connectivity index (χ3v) is 4.95. The maximum atomic E-state index is 12.7. The standard InChI is InChI=1S/C18H22N4O/c23-17(13-21-10-14-4-1-2-5-15(14)11-21)22-9-3-6-16(12-22)18-19-7-8-20-18/h1-2,4-5,7-8,16H,3,6,9-13H2,(H,19,20)/t16-/m1/s1. The van der Waals surface area contributed by atoms with E-state index in [9.17, 15) is 4.79 Å². The minimum atomic E-state index is 0.245. The highest BCUT2D eigenvalue weighted by atomic mass is 16.2. The first-order valence-electron chi connectivity index (χ1n) is 8.36. The Morgan fingerprint density at radius 3 is 2.74 bits per heavy atom. The van der Waals surface area contributed by atoms with Gasteiger partial charge in [0.05, 0.1) is 6.54 Å². The van der Waals surface area contributed by atoms with Crippen molar-refractivity contribution in [3.8, 4) is 0 Å².